The number of hydrogen-bond acceptors (Lipinski definition) is 15. The molecule has 0 bridgehead atoms. The maximum atomic E-state index is 16.1. The van der Waals surface area contributed by atoms with E-state index in [-0.39, 0.29) is 55.9 Å². The number of H-pyrrole nitrogens is 1. The van der Waals surface area contributed by atoms with Gasteiger partial charge in [0.15, 0.2) is 5.82 Å². The van der Waals surface area contributed by atoms with Crippen LogP contribution in [0.2, 0.25) is 0 Å². The molecule has 2 amide bonds. The number of fused-ring (bicyclic) bond motifs is 1. The number of aromatic amines is 1. The lowest BCUT2D eigenvalue weighted by atomic mass is 9.75. The summed E-state index contributed by atoms with van der Waals surface area (Å²) < 4.78 is 76.4. The van der Waals surface area contributed by atoms with Crippen LogP contribution in [-0.2, 0) is 20.9 Å². The van der Waals surface area contributed by atoms with Crippen molar-refractivity contribution < 1.29 is 45.9 Å². The number of amides is 2. The van der Waals surface area contributed by atoms with Crippen molar-refractivity contribution in [2.75, 3.05) is 81.3 Å². The minimum absolute atomic E-state index is 0.0109. The Balaban J connectivity index is 0.677. The average molecular weight is 1190 g/mol. The summed E-state index contributed by atoms with van der Waals surface area (Å²) >= 11 is -1.50. The lowest BCUT2D eigenvalue weighted by Crippen LogP contribution is -2.54. The molecule has 0 radical (unpaired) electrons. The number of carbonyl (C=O) groups is 3. The van der Waals surface area contributed by atoms with Crippen molar-refractivity contribution in [2.24, 2.45) is 11.3 Å². The van der Waals surface area contributed by atoms with Gasteiger partial charge in [-0.2, -0.15) is 0 Å². The number of thiazole rings is 1. The Bertz CT molecular complexity index is 3550. The van der Waals surface area contributed by atoms with E-state index in [2.05, 4.69) is 66.1 Å². The van der Waals surface area contributed by atoms with Crippen LogP contribution in [0, 0.1) is 36.8 Å². The number of β-amino-alcohol motifs (C(OH)–C–C–N with tert-alkyl or cyclic N) is 1. The van der Waals surface area contributed by atoms with Crippen LogP contribution < -0.4 is 14.6 Å². The predicted octanol–water partition coefficient (Wildman–Crippen LogP) is 8.51. The topological polar surface area (TPSA) is 211 Å². The second-order valence-corrected chi connectivity index (χ2v) is 25.2. The molecule has 4 saturated heterocycles. The van der Waals surface area contributed by atoms with E-state index in [9.17, 15) is 32.6 Å². The molecule has 4 aromatic heterocycles. The number of hydrogen-bond donors (Lipinski definition) is 3. The highest BCUT2D eigenvalue weighted by atomic mass is 32.2. The number of piperazine rings is 1. The summed E-state index contributed by atoms with van der Waals surface area (Å²) in [5, 5.41) is 19.7. The fourth-order valence-electron chi connectivity index (χ4n) is 12.7. The second-order valence-electron chi connectivity index (χ2n) is 23.6. The summed E-state index contributed by atoms with van der Waals surface area (Å²) in [7, 11) is 0. The van der Waals surface area contributed by atoms with Gasteiger partial charge in [-0.05, 0) is 98.4 Å². The van der Waals surface area contributed by atoms with E-state index in [0.717, 1.165) is 109 Å². The monoisotopic (exact) mass is 1190 g/mol. The number of aliphatic hydroxyl groups is 1. The largest absolute Gasteiger partial charge is 0.754 e. The molecule has 4 fully saturated rings. The number of piperidine rings is 1. The molecular formula is C61H69F3N11O7S2-. The predicted molar refractivity (Wildman–Crippen MR) is 314 cm³/mol. The van der Waals surface area contributed by atoms with Gasteiger partial charge in [-0.3, -0.25) is 18.6 Å². The number of aliphatic hydroxyl groups excluding tert-OH is 1. The number of aryl methyl sites for hydroxylation is 2. The van der Waals surface area contributed by atoms with Crippen LogP contribution in [0.3, 0.4) is 0 Å². The van der Waals surface area contributed by atoms with Crippen LogP contribution in [0.5, 0.6) is 0 Å². The molecular weight excluding hydrogens is 1120 g/mol. The molecule has 0 spiro atoms. The van der Waals surface area contributed by atoms with Gasteiger partial charge in [0, 0.05) is 113 Å². The minimum Gasteiger partial charge on any atom is -0.754 e. The van der Waals surface area contributed by atoms with Crippen molar-refractivity contribution >= 4 is 62.6 Å². The van der Waals surface area contributed by atoms with Gasteiger partial charge in [0.2, 0.25) is 17.6 Å². The number of alkyl halides is 1. The van der Waals surface area contributed by atoms with E-state index in [1.54, 1.807) is 29.7 Å². The SMILES string of the molecule is Cc1cc([C@@H](C(=O)N2C[C@H](O)C[C@H]2C(=O)N[C@@H](C)c2ccc(-c3scnc3C)cc2)C(C)(C)CN2CCN(CC3CCN(c4ccc(-c5cnc6[nH]cc(C(=O)c7c(F)ccc(N(N8CC[C@@H](F)C8)S(=O)[O-])c7F)c6c5)cc4)CC3)CC2)on1. The number of hydrazine groups is 1. The van der Waals surface area contributed by atoms with Gasteiger partial charge in [-0.15, -0.1) is 11.3 Å². The quantitative estimate of drug-likeness (QED) is 0.0544. The first-order valence-corrected chi connectivity index (χ1v) is 30.5. The molecule has 23 heteroatoms. The van der Waals surface area contributed by atoms with Crippen molar-refractivity contribution in [3.8, 4) is 21.6 Å². The highest BCUT2D eigenvalue weighted by molar-refractivity contribution is 7.80. The highest BCUT2D eigenvalue weighted by Crippen LogP contribution is 2.41. The highest BCUT2D eigenvalue weighted by Gasteiger charge is 2.48. The number of halogens is 3. The van der Waals surface area contributed by atoms with Crippen molar-refractivity contribution in [1.29, 1.82) is 0 Å². The van der Waals surface area contributed by atoms with Crippen LogP contribution in [0.25, 0.3) is 32.6 Å². The van der Waals surface area contributed by atoms with E-state index in [4.69, 9.17) is 4.52 Å². The smallest absolute Gasteiger partial charge is 0.243 e. The van der Waals surface area contributed by atoms with Gasteiger partial charge in [-0.1, -0.05) is 55.4 Å². The molecule has 6 atom stereocenters. The molecule has 4 aliphatic heterocycles. The zero-order valence-corrected chi connectivity index (χ0v) is 49.2. The zero-order chi connectivity index (χ0) is 59.1. The summed E-state index contributed by atoms with van der Waals surface area (Å²) in [6.07, 6.45) is 3.01. The molecule has 0 saturated carbocycles. The summed E-state index contributed by atoms with van der Waals surface area (Å²) in [5.74, 6) is -3.96. The summed E-state index contributed by atoms with van der Waals surface area (Å²) in [6.45, 7) is 16.4. The maximum Gasteiger partial charge on any atom is 0.243 e. The van der Waals surface area contributed by atoms with Crippen molar-refractivity contribution in [3.05, 3.63) is 136 Å². The van der Waals surface area contributed by atoms with Gasteiger partial charge < -0.3 is 44.1 Å². The number of anilines is 2. The third-order valence-electron chi connectivity index (χ3n) is 17.2. The number of nitrogens with zero attached hydrogens (tertiary/aromatic N) is 9. The molecule has 84 heavy (non-hydrogen) atoms. The van der Waals surface area contributed by atoms with Crippen LogP contribution in [0.1, 0.15) is 97.0 Å². The fraction of sp³-hybridized carbons (Fsp3) is 0.443. The van der Waals surface area contributed by atoms with E-state index < -0.39 is 69.6 Å². The van der Waals surface area contributed by atoms with E-state index >= 15 is 8.78 Å². The van der Waals surface area contributed by atoms with Crippen molar-refractivity contribution in [3.63, 3.8) is 0 Å². The number of likely N-dealkylation sites (tertiary alicyclic amines) is 1. The number of ketones is 1. The lowest BCUT2D eigenvalue weighted by molar-refractivity contribution is -0.143. The van der Waals surface area contributed by atoms with Crippen LogP contribution in [0.4, 0.5) is 24.5 Å². The minimum atomic E-state index is -3.08. The third-order valence-corrected chi connectivity index (χ3v) is 18.9. The number of pyridine rings is 1. The van der Waals surface area contributed by atoms with Gasteiger partial charge in [0.1, 0.15) is 41.0 Å². The normalized spacial score (nSPS) is 20.6. The Morgan fingerprint density at radius 2 is 1.63 bits per heavy atom. The van der Waals surface area contributed by atoms with Gasteiger partial charge >= 0.3 is 0 Å². The average Bonchev–Trinajstić information content (AvgIpc) is 2.82. The van der Waals surface area contributed by atoms with Crippen LogP contribution in [0.15, 0.2) is 95.2 Å². The number of aromatic nitrogens is 4. The second kappa shape index (κ2) is 24.6. The van der Waals surface area contributed by atoms with Gasteiger partial charge in [0.05, 0.1) is 57.3 Å². The molecule has 3 N–H and O–H groups in total. The van der Waals surface area contributed by atoms with Gasteiger partial charge in [-0.25, -0.2) is 32.6 Å². The van der Waals surface area contributed by atoms with E-state index in [0.29, 0.717) is 44.9 Å². The van der Waals surface area contributed by atoms with Gasteiger partial charge in [0.25, 0.3) is 0 Å². The lowest BCUT2D eigenvalue weighted by Gasteiger charge is -2.43. The Hall–Kier alpha value is -6.86. The molecule has 8 heterocycles. The molecule has 3 aromatic carbocycles. The fourth-order valence-corrected chi connectivity index (χ4v) is 14.2. The number of nitrogens with one attached hydrogen (secondary N) is 2. The number of rotatable bonds is 18. The zero-order valence-electron chi connectivity index (χ0n) is 47.6. The van der Waals surface area contributed by atoms with Crippen molar-refractivity contribution in [1.82, 2.24) is 45.1 Å². The Kier molecular flexibility index (Phi) is 17.3. The van der Waals surface area contributed by atoms with Crippen LogP contribution in [-0.4, -0.2) is 162 Å². The molecule has 0 aliphatic carbocycles. The van der Waals surface area contributed by atoms with Crippen LogP contribution >= 0.6 is 11.3 Å². The summed E-state index contributed by atoms with van der Waals surface area (Å²) in [4.78, 5) is 64.7. The summed E-state index contributed by atoms with van der Waals surface area (Å²) in [6, 6.07) is 20.2. The Morgan fingerprint density at radius 3 is 2.29 bits per heavy atom. The molecule has 18 nitrogen and oxygen atoms in total. The van der Waals surface area contributed by atoms with E-state index in [1.165, 1.54) is 11.1 Å². The Labute approximate surface area is 492 Å². The number of benzene rings is 3. The standard InChI is InChI=1S/C61H70F3N11O7S2/c1-36-26-52(82-69-36)54(60(79)74-33-46(76)28-51(74)59(78)68-37(2)40-6-8-42(9-7-40)57-38(3)67-35-83-57)61(4,5)34-71-24-22-70(23-25-71)31-39-16-19-72(20-17-39)45-12-10-41(11-13-45)43-27-47-48(30-66-58(47)65-29-43)56(77)53-49(63)14-15-50(55(53)64)75(84(80)81)73-21-18-44(62)32-73/h6-15,26-27,29-30,35,37,39,44,46,51,54,76H,16-25,28,31-34H2,1-5H3,(H,65,66)(H,68,78)(H,80,81)/p-1/t37-,44+,46+,51-,54-/m0/s1. The Morgan fingerprint density at radius 1 is 0.917 bits per heavy atom. The molecule has 7 aromatic rings. The maximum absolute atomic E-state index is 16.1. The molecule has 11 rings (SSSR count). The molecule has 444 valence electrons. The first kappa shape index (κ1) is 58.9. The van der Waals surface area contributed by atoms with Crippen molar-refractivity contribution in [2.45, 2.75) is 90.6 Å². The molecule has 1 unspecified atom stereocenters. The number of carbonyl (C=O) groups excluding carboxylic acids is 3. The first-order valence-electron chi connectivity index (χ1n) is 28.6. The van der Waals surface area contributed by atoms with E-state index in [1.807, 2.05) is 62.7 Å². The third kappa shape index (κ3) is 12.3. The summed E-state index contributed by atoms with van der Waals surface area (Å²) in [5.41, 5.74) is 6.08. The first-order chi connectivity index (χ1) is 40.3. The molecule has 4 aliphatic rings.